The van der Waals surface area contributed by atoms with E-state index in [4.69, 9.17) is 5.73 Å². The molecule has 1 aliphatic heterocycles. The first-order valence-corrected chi connectivity index (χ1v) is 13.9. The zero-order valence-electron chi connectivity index (χ0n) is 19.4. The third-order valence-electron chi connectivity index (χ3n) is 5.60. The summed E-state index contributed by atoms with van der Waals surface area (Å²) in [5.41, 5.74) is 8.47. The second kappa shape index (κ2) is 10.2. The van der Waals surface area contributed by atoms with Gasteiger partial charge in [-0.15, -0.1) is 23.1 Å². The molecule has 0 spiro atoms. The van der Waals surface area contributed by atoms with E-state index in [1.54, 1.807) is 0 Å². The maximum atomic E-state index is 14.0. The number of amides is 1. The Balaban J connectivity index is 1.71. The van der Waals surface area contributed by atoms with Crippen LogP contribution in [0, 0.1) is 0 Å². The van der Waals surface area contributed by atoms with Gasteiger partial charge in [0.05, 0.1) is 11.2 Å². The van der Waals surface area contributed by atoms with Gasteiger partial charge in [-0.2, -0.15) is 35.7 Å². The summed E-state index contributed by atoms with van der Waals surface area (Å²) in [4.78, 5) is 29.8. The van der Waals surface area contributed by atoms with Crippen LogP contribution >= 0.6 is 23.1 Å². The molecule has 2 aromatic heterocycles. The van der Waals surface area contributed by atoms with Crippen molar-refractivity contribution in [3.05, 3.63) is 63.7 Å². The van der Waals surface area contributed by atoms with Gasteiger partial charge in [0.15, 0.2) is 6.04 Å². The Morgan fingerprint density at radius 2 is 1.86 bits per heavy atom. The van der Waals surface area contributed by atoms with E-state index in [0.717, 1.165) is 53.0 Å². The molecule has 1 amide bonds. The summed E-state index contributed by atoms with van der Waals surface area (Å²) in [5, 5.41) is 5.68. The molecule has 2 unspecified atom stereocenters. The number of halogens is 3. The van der Waals surface area contributed by atoms with Crippen molar-refractivity contribution >= 4 is 45.1 Å². The summed E-state index contributed by atoms with van der Waals surface area (Å²) < 4.78 is 68.0. The van der Waals surface area contributed by atoms with Crippen LogP contribution in [0.1, 0.15) is 33.2 Å². The van der Waals surface area contributed by atoms with Crippen LogP contribution < -0.4 is 5.73 Å². The van der Waals surface area contributed by atoms with Crippen LogP contribution in [0.4, 0.5) is 13.2 Å². The Labute approximate surface area is 218 Å². The van der Waals surface area contributed by atoms with Gasteiger partial charge < -0.3 is 5.73 Å². The van der Waals surface area contributed by atoms with Gasteiger partial charge in [-0.05, 0) is 17.2 Å². The number of carbonyl (C=O) groups is 2. The van der Waals surface area contributed by atoms with Gasteiger partial charge >= 0.3 is 16.4 Å². The molecule has 1 aromatic carbocycles. The summed E-state index contributed by atoms with van der Waals surface area (Å²) in [6.07, 6.45) is -5.07. The number of nitrogens with zero attached hydrogens (tertiary/aromatic N) is 5. The van der Waals surface area contributed by atoms with E-state index in [-0.39, 0.29) is 20.7 Å². The number of alkyl halides is 3. The van der Waals surface area contributed by atoms with Crippen molar-refractivity contribution in [2.24, 2.45) is 5.73 Å². The minimum atomic E-state index is -5.07. The van der Waals surface area contributed by atoms with Crippen LogP contribution in [0.2, 0.25) is 0 Å². The highest BCUT2D eigenvalue weighted by Gasteiger charge is 2.66. The quantitative estimate of drug-likeness (QED) is 0.321. The summed E-state index contributed by atoms with van der Waals surface area (Å²) in [6, 6.07) is 5.88. The molecule has 2 N–H and O–H groups in total. The van der Waals surface area contributed by atoms with E-state index in [0.29, 0.717) is 16.6 Å². The molecule has 0 radical (unpaired) electrons. The number of aromatic nitrogens is 3. The molecule has 3 heterocycles. The highest BCUT2D eigenvalue weighted by Crippen LogP contribution is 2.46. The van der Waals surface area contributed by atoms with Crippen molar-refractivity contribution in [2.45, 2.75) is 35.5 Å². The Kier molecular flexibility index (Phi) is 7.49. The highest BCUT2D eigenvalue weighted by atomic mass is 32.2. The molecule has 4 rings (SSSR count). The molecule has 10 nitrogen and oxygen atoms in total. The lowest BCUT2D eigenvalue weighted by Crippen LogP contribution is -2.68. The van der Waals surface area contributed by atoms with Crippen LogP contribution in [0.15, 0.2) is 46.2 Å². The third-order valence-corrected chi connectivity index (χ3v) is 9.08. The van der Waals surface area contributed by atoms with Crippen molar-refractivity contribution in [2.75, 3.05) is 14.1 Å². The number of rotatable bonds is 8. The second-order valence-electron chi connectivity index (χ2n) is 8.20. The number of nitrogens with two attached hydrogens (primary N) is 1. The molecular weight excluding hydrogens is 553 g/mol. The van der Waals surface area contributed by atoms with Gasteiger partial charge in [0, 0.05) is 31.8 Å². The maximum Gasteiger partial charge on any atom is 0.411 e. The number of benzene rings is 1. The molecule has 16 heteroatoms. The summed E-state index contributed by atoms with van der Waals surface area (Å²) in [6.45, 7) is 0.363. The fourth-order valence-electron chi connectivity index (χ4n) is 3.64. The Morgan fingerprint density at radius 1 is 1.22 bits per heavy atom. The SMILES string of the molecule is CN(C)S(=O)(=O)N1C(=O)C(c2cc(SCc3ccc(CN)cc3)n(C(=O)c3cscn3)n2)C1C(F)(F)F. The number of hydrogen-bond donors (Lipinski definition) is 1. The zero-order valence-corrected chi connectivity index (χ0v) is 21.9. The zero-order chi connectivity index (χ0) is 27.1. The lowest BCUT2D eigenvalue weighted by atomic mass is 9.87. The van der Waals surface area contributed by atoms with E-state index in [1.807, 2.05) is 24.3 Å². The van der Waals surface area contributed by atoms with E-state index >= 15 is 0 Å². The molecule has 1 aliphatic rings. The Bertz CT molecular complexity index is 1410. The smallest absolute Gasteiger partial charge is 0.326 e. The second-order valence-corrected chi connectivity index (χ2v) is 11.9. The normalized spacial score (nSPS) is 18.4. The van der Waals surface area contributed by atoms with Gasteiger partial charge in [-0.25, -0.2) is 9.29 Å². The van der Waals surface area contributed by atoms with E-state index in [9.17, 15) is 31.2 Å². The van der Waals surface area contributed by atoms with Gasteiger partial charge in [0.1, 0.15) is 16.6 Å². The average Bonchev–Trinajstić information content (AvgIpc) is 3.50. The first kappa shape index (κ1) is 27.3. The standard InChI is InChI=1S/C21H21F3N6O4S3/c1-28(2)37(33,34)30-18(21(22,23)24)17(20(30)32)14-7-16(29(27-14)19(31)15-10-35-11-26-15)36-9-13-5-3-12(8-25)4-6-13/h3-7,10-11,17-18H,8-9,25H2,1-2H3. The largest absolute Gasteiger partial charge is 0.411 e. The Hall–Kier alpha value is -2.79. The van der Waals surface area contributed by atoms with Crippen LogP contribution in [0.25, 0.3) is 0 Å². The van der Waals surface area contributed by atoms with Crippen molar-refractivity contribution in [1.82, 2.24) is 23.4 Å². The van der Waals surface area contributed by atoms with Crippen molar-refractivity contribution in [3.63, 3.8) is 0 Å². The van der Waals surface area contributed by atoms with E-state index in [1.165, 1.54) is 17.0 Å². The molecular formula is C21H21F3N6O4S3. The minimum Gasteiger partial charge on any atom is -0.326 e. The molecule has 1 saturated heterocycles. The van der Waals surface area contributed by atoms with Gasteiger partial charge in [-0.3, -0.25) is 9.59 Å². The Morgan fingerprint density at radius 3 is 2.41 bits per heavy atom. The van der Waals surface area contributed by atoms with Crippen molar-refractivity contribution in [1.29, 1.82) is 0 Å². The van der Waals surface area contributed by atoms with Crippen LogP contribution in [-0.2, 0) is 27.3 Å². The van der Waals surface area contributed by atoms with Crippen LogP contribution in [-0.4, -0.2) is 69.9 Å². The number of hydrogen-bond acceptors (Lipinski definition) is 9. The number of β-lactam (4-membered cyclic amide) rings is 1. The molecule has 2 atom stereocenters. The first-order chi connectivity index (χ1) is 17.4. The van der Waals surface area contributed by atoms with Crippen molar-refractivity contribution < 1.29 is 31.2 Å². The van der Waals surface area contributed by atoms with Crippen LogP contribution in [0.5, 0.6) is 0 Å². The predicted octanol–water partition coefficient (Wildman–Crippen LogP) is 2.44. The fourth-order valence-corrected chi connectivity index (χ4v) is 6.35. The molecule has 0 aliphatic carbocycles. The summed E-state index contributed by atoms with van der Waals surface area (Å²) >= 11 is 2.27. The monoisotopic (exact) mass is 574 g/mol. The lowest BCUT2D eigenvalue weighted by molar-refractivity contribution is -0.206. The van der Waals surface area contributed by atoms with Gasteiger partial charge in [0.25, 0.3) is 5.91 Å². The number of carbonyl (C=O) groups excluding carboxylic acids is 2. The highest BCUT2D eigenvalue weighted by molar-refractivity contribution is 7.98. The minimum absolute atomic E-state index is 0.0259. The predicted molar refractivity (Wildman–Crippen MR) is 130 cm³/mol. The summed E-state index contributed by atoms with van der Waals surface area (Å²) in [5.74, 6) is -3.57. The maximum absolute atomic E-state index is 14.0. The topological polar surface area (TPSA) is 131 Å². The van der Waals surface area contributed by atoms with E-state index < -0.39 is 40.2 Å². The van der Waals surface area contributed by atoms with Gasteiger partial charge in [0.2, 0.25) is 5.91 Å². The van der Waals surface area contributed by atoms with Gasteiger partial charge in [-0.1, -0.05) is 24.3 Å². The molecule has 0 saturated carbocycles. The lowest BCUT2D eigenvalue weighted by Gasteiger charge is -2.46. The first-order valence-electron chi connectivity index (χ1n) is 10.6. The molecule has 1 fully saturated rings. The molecule has 0 bridgehead atoms. The van der Waals surface area contributed by atoms with Crippen molar-refractivity contribution in [3.8, 4) is 0 Å². The summed E-state index contributed by atoms with van der Waals surface area (Å²) in [7, 11) is -2.64. The molecule has 37 heavy (non-hydrogen) atoms. The third kappa shape index (κ3) is 5.16. The molecule has 3 aromatic rings. The van der Waals surface area contributed by atoms with Crippen LogP contribution in [0.3, 0.4) is 0 Å². The average molecular weight is 575 g/mol. The number of thioether (sulfide) groups is 1. The molecule has 198 valence electrons. The number of thiazole rings is 1. The van der Waals surface area contributed by atoms with E-state index in [2.05, 4.69) is 10.1 Å². The fraction of sp³-hybridized carbons (Fsp3) is 0.333.